The minimum Gasteiger partial charge on any atom is -0.352 e. The number of halogens is 1. The Hall–Kier alpha value is -0.0500. The Morgan fingerprint density at radius 2 is 2.00 bits per heavy atom. The molecule has 0 aromatic heterocycles. The van der Waals surface area contributed by atoms with E-state index in [4.69, 9.17) is 0 Å². The number of carbonyl (C=O) groups excluding carboxylic acids is 1. The van der Waals surface area contributed by atoms with E-state index in [-0.39, 0.29) is 5.91 Å². The molecule has 0 heterocycles. The van der Waals surface area contributed by atoms with Gasteiger partial charge in [0.05, 0.1) is 4.32 Å². The van der Waals surface area contributed by atoms with Crippen molar-refractivity contribution in [3.05, 3.63) is 0 Å². The number of carbonyl (C=O) groups is 1. The molecule has 1 amide bonds. The van der Waals surface area contributed by atoms with E-state index >= 15 is 0 Å². The highest BCUT2D eigenvalue weighted by Crippen LogP contribution is 2.16. The van der Waals surface area contributed by atoms with Crippen molar-refractivity contribution < 1.29 is 4.79 Å². The zero-order valence-electron chi connectivity index (χ0n) is 8.98. The van der Waals surface area contributed by atoms with Crippen LogP contribution >= 0.6 is 15.9 Å². The maximum atomic E-state index is 11.6. The molecule has 3 heteroatoms. The van der Waals surface area contributed by atoms with Crippen LogP contribution in [0.2, 0.25) is 0 Å². The third-order valence-electron chi connectivity index (χ3n) is 2.01. The van der Waals surface area contributed by atoms with Crippen LogP contribution in [-0.4, -0.2) is 16.3 Å². The molecule has 0 saturated carbocycles. The van der Waals surface area contributed by atoms with Crippen molar-refractivity contribution in [2.24, 2.45) is 0 Å². The van der Waals surface area contributed by atoms with Gasteiger partial charge in [0.25, 0.3) is 0 Å². The van der Waals surface area contributed by atoms with Gasteiger partial charge in [-0.3, -0.25) is 4.79 Å². The van der Waals surface area contributed by atoms with Gasteiger partial charge in [-0.2, -0.15) is 0 Å². The number of nitrogens with one attached hydrogen (secondary N) is 1. The number of amides is 1. The molecule has 0 aliphatic rings. The molecule has 1 unspecified atom stereocenters. The summed E-state index contributed by atoms with van der Waals surface area (Å²) < 4.78 is -0.450. The molecule has 0 fully saturated rings. The first-order valence-corrected chi connectivity index (χ1v) is 5.71. The van der Waals surface area contributed by atoms with E-state index in [0.29, 0.717) is 6.04 Å². The van der Waals surface area contributed by atoms with Crippen LogP contribution in [0.3, 0.4) is 0 Å². The van der Waals surface area contributed by atoms with Gasteiger partial charge in [0.15, 0.2) is 0 Å². The molecule has 78 valence electrons. The Labute approximate surface area is 89.6 Å². The monoisotopic (exact) mass is 249 g/mol. The summed E-state index contributed by atoms with van der Waals surface area (Å²) in [7, 11) is 0. The highest BCUT2D eigenvalue weighted by atomic mass is 79.9. The zero-order chi connectivity index (χ0) is 10.5. The lowest BCUT2D eigenvalue weighted by atomic mass is 10.1. The van der Waals surface area contributed by atoms with Gasteiger partial charge in [0.1, 0.15) is 0 Å². The van der Waals surface area contributed by atoms with Crippen molar-refractivity contribution in [2.45, 2.75) is 57.3 Å². The molecule has 0 rings (SSSR count). The molecule has 0 aliphatic carbocycles. The van der Waals surface area contributed by atoms with Crippen molar-refractivity contribution >= 4 is 21.8 Å². The van der Waals surface area contributed by atoms with E-state index < -0.39 is 4.32 Å². The van der Waals surface area contributed by atoms with Crippen molar-refractivity contribution in [1.82, 2.24) is 5.32 Å². The van der Waals surface area contributed by atoms with Crippen LogP contribution in [-0.2, 0) is 4.79 Å². The standard InChI is InChI=1S/C10H20BrNO/c1-5-7-8(6-2)12-9(13)10(3,4)11/h8H,5-7H2,1-4H3,(H,12,13). The Balaban J connectivity index is 4.01. The fourth-order valence-electron chi connectivity index (χ4n) is 1.08. The van der Waals surface area contributed by atoms with E-state index in [1.54, 1.807) is 0 Å². The molecule has 1 N–H and O–H groups in total. The summed E-state index contributed by atoms with van der Waals surface area (Å²) >= 11 is 3.34. The minimum absolute atomic E-state index is 0.0767. The third-order valence-corrected chi connectivity index (χ3v) is 2.37. The summed E-state index contributed by atoms with van der Waals surface area (Å²) in [4.78, 5) is 11.6. The SMILES string of the molecule is CCCC(CC)NC(=O)C(C)(C)Br. The van der Waals surface area contributed by atoms with Crippen LogP contribution < -0.4 is 5.32 Å². The highest BCUT2D eigenvalue weighted by Gasteiger charge is 2.24. The summed E-state index contributed by atoms with van der Waals surface area (Å²) in [6.07, 6.45) is 3.18. The normalized spacial score (nSPS) is 13.9. The predicted molar refractivity (Wildman–Crippen MR) is 60.1 cm³/mol. The topological polar surface area (TPSA) is 29.1 Å². The van der Waals surface area contributed by atoms with Crippen LogP contribution in [0.1, 0.15) is 47.0 Å². The summed E-state index contributed by atoms with van der Waals surface area (Å²) in [6.45, 7) is 7.96. The lowest BCUT2D eigenvalue weighted by Crippen LogP contribution is -2.43. The second-order valence-corrected chi connectivity index (χ2v) is 5.82. The summed E-state index contributed by atoms with van der Waals surface area (Å²) in [5.74, 6) is 0.0767. The molecule has 0 aromatic rings. The first-order chi connectivity index (χ1) is 5.91. The molecule has 0 radical (unpaired) electrons. The van der Waals surface area contributed by atoms with E-state index in [1.807, 2.05) is 13.8 Å². The summed E-state index contributed by atoms with van der Waals surface area (Å²) in [6, 6.07) is 0.328. The first kappa shape index (κ1) is 12.9. The Bertz CT molecular complexity index is 163. The van der Waals surface area contributed by atoms with Gasteiger partial charge in [-0.05, 0) is 26.7 Å². The molecule has 2 nitrogen and oxygen atoms in total. The van der Waals surface area contributed by atoms with E-state index in [1.165, 1.54) is 0 Å². The number of alkyl halides is 1. The lowest BCUT2D eigenvalue weighted by molar-refractivity contribution is -0.123. The molecule has 0 aromatic carbocycles. The quantitative estimate of drug-likeness (QED) is 0.747. The maximum Gasteiger partial charge on any atom is 0.236 e. The lowest BCUT2D eigenvalue weighted by Gasteiger charge is -2.21. The van der Waals surface area contributed by atoms with Gasteiger partial charge in [0.2, 0.25) is 5.91 Å². The molecule has 13 heavy (non-hydrogen) atoms. The first-order valence-electron chi connectivity index (χ1n) is 4.91. The maximum absolute atomic E-state index is 11.6. The van der Waals surface area contributed by atoms with Crippen molar-refractivity contribution in [3.8, 4) is 0 Å². The van der Waals surface area contributed by atoms with Crippen LogP contribution in [0.5, 0.6) is 0 Å². The van der Waals surface area contributed by atoms with E-state index in [9.17, 15) is 4.79 Å². The number of hydrogen-bond acceptors (Lipinski definition) is 1. The van der Waals surface area contributed by atoms with E-state index in [0.717, 1.165) is 19.3 Å². The number of rotatable bonds is 5. The molecule has 1 atom stereocenters. The smallest absolute Gasteiger partial charge is 0.236 e. The summed E-state index contributed by atoms with van der Waals surface area (Å²) in [5, 5.41) is 3.02. The fraction of sp³-hybridized carbons (Fsp3) is 0.900. The zero-order valence-corrected chi connectivity index (χ0v) is 10.6. The average molecular weight is 250 g/mol. The minimum atomic E-state index is -0.450. The van der Waals surface area contributed by atoms with Crippen LogP contribution in [0.25, 0.3) is 0 Å². The van der Waals surface area contributed by atoms with Gasteiger partial charge >= 0.3 is 0 Å². The van der Waals surface area contributed by atoms with Crippen LogP contribution in [0.15, 0.2) is 0 Å². The van der Waals surface area contributed by atoms with Crippen LogP contribution in [0.4, 0.5) is 0 Å². The Kier molecular flexibility index (Phi) is 5.61. The van der Waals surface area contributed by atoms with Crippen molar-refractivity contribution in [3.63, 3.8) is 0 Å². The molecule has 0 saturated heterocycles. The van der Waals surface area contributed by atoms with Crippen molar-refractivity contribution in [2.75, 3.05) is 0 Å². The number of hydrogen-bond donors (Lipinski definition) is 1. The molecular formula is C10H20BrNO. The largest absolute Gasteiger partial charge is 0.352 e. The molecular weight excluding hydrogens is 230 g/mol. The second kappa shape index (κ2) is 5.63. The molecule has 0 aliphatic heterocycles. The van der Waals surface area contributed by atoms with Gasteiger partial charge in [0, 0.05) is 6.04 Å². The Morgan fingerprint density at radius 1 is 1.46 bits per heavy atom. The van der Waals surface area contributed by atoms with Crippen molar-refractivity contribution in [1.29, 1.82) is 0 Å². The average Bonchev–Trinajstić information content (AvgIpc) is 2.01. The predicted octanol–water partition coefficient (Wildman–Crippen LogP) is 2.85. The summed E-state index contributed by atoms with van der Waals surface area (Å²) in [5.41, 5.74) is 0. The van der Waals surface area contributed by atoms with Gasteiger partial charge < -0.3 is 5.32 Å². The molecule has 0 bridgehead atoms. The van der Waals surface area contributed by atoms with Gasteiger partial charge in [-0.15, -0.1) is 0 Å². The fourth-order valence-corrected chi connectivity index (χ4v) is 1.20. The van der Waals surface area contributed by atoms with Crippen LogP contribution in [0, 0.1) is 0 Å². The highest BCUT2D eigenvalue weighted by molar-refractivity contribution is 9.10. The van der Waals surface area contributed by atoms with Gasteiger partial charge in [-0.25, -0.2) is 0 Å². The Morgan fingerprint density at radius 3 is 2.31 bits per heavy atom. The third kappa shape index (κ3) is 5.29. The van der Waals surface area contributed by atoms with E-state index in [2.05, 4.69) is 35.1 Å². The van der Waals surface area contributed by atoms with Gasteiger partial charge in [-0.1, -0.05) is 36.2 Å². The second-order valence-electron chi connectivity index (χ2n) is 3.84. The molecule has 0 spiro atoms.